The lowest BCUT2D eigenvalue weighted by Crippen LogP contribution is -2.43. The molecule has 0 aliphatic rings. The van der Waals surface area contributed by atoms with E-state index in [0.29, 0.717) is 18.4 Å². The third-order valence-corrected chi connectivity index (χ3v) is 5.44. The molecule has 9 nitrogen and oxygen atoms in total. The summed E-state index contributed by atoms with van der Waals surface area (Å²) < 4.78 is 26.8. The summed E-state index contributed by atoms with van der Waals surface area (Å²) in [4.78, 5) is 14.1. The van der Waals surface area contributed by atoms with Crippen molar-refractivity contribution in [1.29, 1.82) is 0 Å². The van der Waals surface area contributed by atoms with E-state index in [1.165, 1.54) is 18.2 Å². The predicted molar refractivity (Wildman–Crippen MR) is 117 cm³/mol. The first-order valence-electron chi connectivity index (χ1n) is 8.52. The number of nitrogens with one attached hydrogen (secondary N) is 3. The monoisotopic (exact) mass is 513 g/mol. The number of nitro benzene ring substituents is 1. The molecule has 1 aromatic rings. The SMILES string of the molecule is CCC(CC)CNC(=NC)NCCNS(=O)(=O)c1cccc([N+](=O)[O-])c1.I. The molecule has 0 spiro atoms. The second kappa shape index (κ2) is 12.8. The molecule has 11 heteroatoms. The molecule has 0 aromatic heterocycles. The molecule has 0 fully saturated rings. The van der Waals surface area contributed by atoms with Gasteiger partial charge in [0.15, 0.2) is 5.96 Å². The Hall–Kier alpha value is -1.47. The van der Waals surface area contributed by atoms with Gasteiger partial charge in [-0.1, -0.05) is 32.8 Å². The Bertz CT molecular complexity index is 723. The summed E-state index contributed by atoms with van der Waals surface area (Å²) in [5.74, 6) is 1.16. The van der Waals surface area contributed by atoms with Crippen LogP contribution < -0.4 is 15.4 Å². The highest BCUT2D eigenvalue weighted by Gasteiger charge is 2.17. The van der Waals surface area contributed by atoms with E-state index >= 15 is 0 Å². The summed E-state index contributed by atoms with van der Waals surface area (Å²) in [7, 11) is -2.16. The fourth-order valence-corrected chi connectivity index (χ4v) is 3.32. The van der Waals surface area contributed by atoms with Crippen molar-refractivity contribution in [3.8, 4) is 0 Å². The number of nitrogens with zero attached hydrogens (tertiary/aromatic N) is 2. The van der Waals surface area contributed by atoms with Crippen molar-refractivity contribution in [2.24, 2.45) is 10.9 Å². The van der Waals surface area contributed by atoms with Crippen molar-refractivity contribution in [2.45, 2.75) is 31.6 Å². The molecular weight excluding hydrogens is 485 g/mol. The Morgan fingerprint density at radius 2 is 1.89 bits per heavy atom. The van der Waals surface area contributed by atoms with Crippen LogP contribution in [0.25, 0.3) is 0 Å². The first-order chi connectivity index (χ1) is 12.3. The highest BCUT2D eigenvalue weighted by atomic mass is 127. The highest BCUT2D eigenvalue weighted by molar-refractivity contribution is 14.0. The molecule has 3 N–H and O–H groups in total. The van der Waals surface area contributed by atoms with Crippen molar-refractivity contribution in [1.82, 2.24) is 15.4 Å². The van der Waals surface area contributed by atoms with Crippen molar-refractivity contribution < 1.29 is 13.3 Å². The summed E-state index contributed by atoms with van der Waals surface area (Å²) in [5.41, 5.74) is -0.267. The van der Waals surface area contributed by atoms with E-state index in [9.17, 15) is 18.5 Å². The summed E-state index contributed by atoms with van der Waals surface area (Å²) in [6.45, 7) is 5.52. The molecule has 0 saturated carbocycles. The lowest BCUT2D eigenvalue weighted by molar-refractivity contribution is -0.385. The molecule has 154 valence electrons. The Morgan fingerprint density at radius 3 is 2.44 bits per heavy atom. The van der Waals surface area contributed by atoms with E-state index in [1.807, 2.05) is 0 Å². The molecule has 0 heterocycles. The molecule has 1 rings (SSSR count). The Balaban J connectivity index is 0.00000676. The number of halogens is 1. The predicted octanol–water partition coefficient (Wildman–Crippen LogP) is 2.09. The number of sulfonamides is 1. The van der Waals surface area contributed by atoms with Crippen LogP contribution >= 0.6 is 24.0 Å². The maximum absolute atomic E-state index is 12.2. The second-order valence-electron chi connectivity index (χ2n) is 5.71. The van der Waals surface area contributed by atoms with Gasteiger partial charge in [-0.15, -0.1) is 24.0 Å². The van der Waals surface area contributed by atoms with E-state index in [2.05, 4.69) is 34.2 Å². The molecule has 0 bridgehead atoms. The molecule has 0 atom stereocenters. The standard InChI is InChI=1S/C16H27N5O4S.HI/c1-4-13(5-2)12-19-16(17-3)18-9-10-20-26(24,25)15-8-6-7-14(11-15)21(22)23;/h6-8,11,13,20H,4-5,9-10,12H2,1-3H3,(H2,17,18,19);1H. The molecular formula is C16H28IN5O4S. The minimum absolute atomic E-state index is 0. The van der Waals surface area contributed by atoms with Gasteiger partial charge in [0.05, 0.1) is 9.82 Å². The molecule has 0 saturated heterocycles. The number of guanidine groups is 1. The maximum Gasteiger partial charge on any atom is 0.270 e. The zero-order chi connectivity index (χ0) is 19.6. The topological polar surface area (TPSA) is 126 Å². The molecule has 0 aliphatic heterocycles. The van der Waals surface area contributed by atoms with Gasteiger partial charge in [0.1, 0.15) is 0 Å². The largest absolute Gasteiger partial charge is 0.356 e. The van der Waals surface area contributed by atoms with Crippen LogP contribution in [-0.4, -0.2) is 46.0 Å². The van der Waals surface area contributed by atoms with Crippen LogP contribution in [0.3, 0.4) is 0 Å². The number of rotatable bonds is 10. The average molecular weight is 513 g/mol. The van der Waals surface area contributed by atoms with Gasteiger partial charge >= 0.3 is 0 Å². The third-order valence-electron chi connectivity index (χ3n) is 3.98. The zero-order valence-electron chi connectivity index (χ0n) is 15.8. The van der Waals surface area contributed by atoms with Crippen LogP contribution in [0.2, 0.25) is 0 Å². The molecule has 0 radical (unpaired) electrons. The van der Waals surface area contributed by atoms with Crippen LogP contribution in [0.5, 0.6) is 0 Å². The fraction of sp³-hybridized carbons (Fsp3) is 0.562. The Labute approximate surface area is 177 Å². The van der Waals surface area contributed by atoms with E-state index in [4.69, 9.17) is 0 Å². The number of hydrogen-bond donors (Lipinski definition) is 3. The Morgan fingerprint density at radius 1 is 1.22 bits per heavy atom. The van der Waals surface area contributed by atoms with Gasteiger partial charge in [0.2, 0.25) is 10.0 Å². The van der Waals surface area contributed by atoms with Crippen LogP contribution in [0.1, 0.15) is 26.7 Å². The molecule has 27 heavy (non-hydrogen) atoms. The van der Waals surface area contributed by atoms with Gasteiger partial charge in [-0.2, -0.15) is 0 Å². The van der Waals surface area contributed by atoms with E-state index in [-0.39, 0.29) is 41.1 Å². The van der Waals surface area contributed by atoms with Gasteiger partial charge in [-0.25, -0.2) is 13.1 Å². The lowest BCUT2D eigenvalue weighted by Gasteiger charge is -2.16. The Kier molecular flexibility index (Phi) is 12.1. The highest BCUT2D eigenvalue weighted by Crippen LogP contribution is 2.16. The zero-order valence-corrected chi connectivity index (χ0v) is 18.9. The number of non-ortho nitro benzene ring substituents is 1. The second-order valence-corrected chi connectivity index (χ2v) is 7.48. The number of benzene rings is 1. The maximum atomic E-state index is 12.2. The van der Waals surface area contributed by atoms with Gasteiger partial charge in [0.25, 0.3) is 5.69 Å². The average Bonchev–Trinajstić information content (AvgIpc) is 2.64. The molecule has 0 amide bonds. The van der Waals surface area contributed by atoms with Crippen molar-refractivity contribution in [2.75, 3.05) is 26.7 Å². The first-order valence-corrected chi connectivity index (χ1v) is 10.0. The quantitative estimate of drug-likeness (QED) is 0.110. The summed E-state index contributed by atoms with van der Waals surface area (Å²) >= 11 is 0. The first kappa shape index (κ1) is 25.5. The van der Waals surface area contributed by atoms with Crippen molar-refractivity contribution in [3.63, 3.8) is 0 Å². The van der Waals surface area contributed by atoms with Gasteiger partial charge in [-0.3, -0.25) is 15.1 Å². The number of nitro groups is 1. The number of aliphatic imine (C=N–C) groups is 1. The van der Waals surface area contributed by atoms with E-state index in [0.717, 1.165) is 25.5 Å². The smallest absolute Gasteiger partial charge is 0.270 e. The lowest BCUT2D eigenvalue weighted by atomic mass is 10.0. The minimum Gasteiger partial charge on any atom is -0.356 e. The molecule has 0 aliphatic carbocycles. The van der Waals surface area contributed by atoms with Crippen LogP contribution in [-0.2, 0) is 10.0 Å². The summed E-state index contributed by atoms with van der Waals surface area (Å²) in [5, 5.41) is 17.0. The third kappa shape index (κ3) is 8.84. The van der Waals surface area contributed by atoms with Crippen LogP contribution in [0.4, 0.5) is 5.69 Å². The van der Waals surface area contributed by atoms with Crippen molar-refractivity contribution >= 4 is 45.6 Å². The van der Waals surface area contributed by atoms with Gasteiger partial charge in [0, 0.05) is 38.8 Å². The van der Waals surface area contributed by atoms with Crippen LogP contribution in [0.15, 0.2) is 34.2 Å². The van der Waals surface area contributed by atoms with E-state index < -0.39 is 14.9 Å². The van der Waals surface area contributed by atoms with E-state index in [1.54, 1.807) is 7.05 Å². The van der Waals surface area contributed by atoms with Crippen molar-refractivity contribution in [3.05, 3.63) is 34.4 Å². The number of hydrogen-bond acceptors (Lipinski definition) is 5. The summed E-state index contributed by atoms with van der Waals surface area (Å²) in [6.07, 6.45) is 2.15. The molecule has 1 aromatic carbocycles. The molecule has 0 unspecified atom stereocenters. The van der Waals surface area contributed by atoms with Gasteiger partial charge in [-0.05, 0) is 12.0 Å². The normalized spacial score (nSPS) is 11.8. The summed E-state index contributed by atoms with van der Waals surface area (Å²) in [6, 6.07) is 4.94. The van der Waals surface area contributed by atoms with Gasteiger partial charge < -0.3 is 10.6 Å². The van der Waals surface area contributed by atoms with Crippen LogP contribution in [0, 0.1) is 16.0 Å². The fourth-order valence-electron chi connectivity index (χ4n) is 2.25. The minimum atomic E-state index is -3.81.